The van der Waals surface area contributed by atoms with Crippen molar-refractivity contribution in [3.63, 3.8) is 0 Å². The Morgan fingerprint density at radius 1 is 0.351 bits per heavy atom. The first-order chi connectivity index (χ1) is 37.0. The summed E-state index contributed by atoms with van der Waals surface area (Å²) in [7, 11) is 0. The zero-order chi connectivity index (χ0) is 52.4. The molecule has 0 fully saturated rings. The molecule has 0 saturated carbocycles. The van der Waals surface area contributed by atoms with E-state index in [0.29, 0.717) is 0 Å². The van der Waals surface area contributed by atoms with Gasteiger partial charge in [-0.2, -0.15) is 0 Å². The fraction of sp³-hybridized carbons (Fsp3) is 0.189. The van der Waals surface area contributed by atoms with Crippen LogP contribution >= 0.6 is 0 Å². The van der Waals surface area contributed by atoms with Crippen LogP contribution in [0.4, 0.5) is 17.1 Å². The molecule has 0 bridgehead atoms. The molecule has 12 aromatic rings. The van der Waals surface area contributed by atoms with Crippen molar-refractivity contribution >= 4 is 60.9 Å². The van der Waals surface area contributed by atoms with Gasteiger partial charge in [0.15, 0.2) is 0 Å². The number of rotatable bonds is 4. The van der Waals surface area contributed by atoms with Crippen LogP contribution in [0.3, 0.4) is 0 Å². The molecule has 3 nitrogen and oxygen atoms in total. The lowest BCUT2D eigenvalue weighted by molar-refractivity contribution is 0.600. The Kier molecular flexibility index (Phi) is 8.59. The lowest BCUT2D eigenvalue weighted by Crippen LogP contribution is -2.24. The number of benzene rings is 10. The first-order valence-corrected chi connectivity index (χ1v) is 27.6. The lowest BCUT2D eigenvalue weighted by Gasteiger charge is -2.32. The average molecular weight is 994 g/mol. The highest BCUT2D eigenvalue weighted by Gasteiger charge is 2.49. The van der Waals surface area contributed by atoms with Crippen molar-refractivity contribution in [2.45, 2.75) is 90.9 Å². The summed E-state index contributed by atoms with van der Waals surface area (Å²) in [5.74, 6) is 0. The molecule has 0 aliphatic heterocycles. The number of hydrogen-bond acceptors (Lipinski definition) is 3. The van der Waals surface area contributed by atoms with Gasteiger partial charge in [0.05, 0.1) is 0 Å². The fourth-order valence-electron chi connectivity index (χ4n) is 15.5. The second-order valence-electron chi connectivity index (χ2n) is 24.9. The normalized spacial score (nSPS) is 16.1. The molecule has 4 aliphatic carbocycles. The molecule has 2 heterocycles. The number of furan rings is 2. The summed E-state index contributed by atoms with van der Waals surface area (Å²) in [4.78, 5) is 2.52. The molecule has 10 aromatic carbocycles. The Morgan fingerprint density at radius 2 is 0.844 bits per heavy atom. The van der Waals surface area contributed by atoms with Crippen molar-refractivity contribution in [1.29, 1.82) is 0 Å². The van der Waals surface area contributed by atoms with Crippen molar-refractivity contribution < 1.29 is 8.83 Å². The summed E-state index contributed by atoms with van der Waals surface area (Å²) < 4.78 is 14.1. The highest BCUT2D eigenvalue weighted by Crippen LogP contribution is 2.64. The summed E-state index contributed by atoms with van der Waals surface area (Å²) in [5, 5.41) is 4.75. The van der Waals surface area contributed by atoms with Crippen LogP contribution in [0.15, 0.2) is 185 Å². The second kappa shape index (κ2) is 14.7. The largest absolute Gasteiger partial charge is 0.455 e. The minimum absolute atomic E-state index is 0.123. The number of fused-ring (bicyclic) bond motifs is 22. The van der Waals surface area contributed by atoms with E-state index in [1.165, 1.54) is 128 Å². The third-order valence-corrected chi connectivity index (χ3v) is 19.2. The molecular formula is C74H59NO2. The Bertz CT molecular complexity index is 4660. The van der Waals surface area contributed by atoms with Crippen LogP contribution in [0.1, 0.15) is 111 Å². The average Bonchev–Trinajstić information content (AvgIpc) is 4.38. The van der Waals surface area contributed by atoms with Gasteiger partial charge in [-0.25, -0.2) is 0 Å². The van der Waals surface area contributed by atoms with E-state index in [1.807, 2.05) is 0 Å². The van der Waals surface area contributed by atoms with Gasteiger partial charge in [-0.15, -0.1) is 0 Å². The molecule has 2 aromatic heterocycles. The first kappa shape index (κ1) is 44.9. The van der Waals surface area contributed by atoms with Crippen molar-refractivity contribution in [3.05, 3.63) is 232 Å². The monoisotopic (exact) mass is 993 g/mol. The molecule has 16 rings (SSSR count). The molecule has 4 aliphatic rings. The number of hydrogen-bond donors (Lipinski definition) is 0. The molecular weight excluding hydrogens is 935 g/mol. The van der Waals surface area contributed by atoms with Crippen LogP contribution < -0.4 is 4.90 Å². The van der Waals surface area contributed by atoms with Crippen LogP contribution in [0.25, 0.3) is 99.5 Å². The molecule has 0 atom stereocenters. The Balaban J connectivity index is 0.890. The van der Waals surface area contributed by atoms with Gasteiger partial charge in [0.2, 0.25) is 0 Å². The van der Waals surface area contributed by atoms with E-state index in [4.69, 9.17) is 8.83 Å². The summed E-state index contributed by atoms with van der Waals surface area (Å²) in [6.45, 7) is 23.8. The third kappa shape index (κ3) is 5.62. The smallest absolute Gasteiger partial charge is 0.144 e. The molecule has 372 valence electrons. The molecule has 3 heteroatoms. The van der Waals surface area contributed by atoms with E-state index in [2.05, 4.69) is 250 Å². The van der Waals surface area contributed by atoms with E-state index >= 15 is 0 Å². The molecule has 0 spiro atoms. The Labute approximate surface area is 450 Å². The highest BCUT2D eigenvalue weighted by atomic mass is 16.3. The van der Waals surface area contributed by atoms with E-state index in [1.54, 1.807) is 0 Å². The van der Waals surface area contributed by atoms with Gasteiger partial charge in [0, 0.05) is 71.4 Å². The van der Waals surface area contributed by atoms with Gasteiger partial charge < -0.3 is 13.7 Å². The fourth-order valence-corrected chi connectivity index (χ4v) is 15.5. The number of para-hydroxylation sites is 2. The maximum atomic E-state index is 7.09. The van der Waals surface area contributed by atoms with Gasteiger partial charge in [0.1, 0.15) is 22.3 Å². The summed E-state index contributed by atoms with van der Waals surface area (Å²) >= 11 is 0. The number of nitrogens with zero attached hydrogens (tertiary/aromatic N) is 1. The summed E-state index contributed by atoms with van der Waals surface area (Å²) in [6.07, 6.45) is 0. The molecule has 0 N–H and O–H groups in total. The predicted octanol–water partition coefficient (Wildman–Crippen LogP) is 20.5. The van der Waals surface area contributed by atoms with Crippen LogP contribution in [0.5, 0.6) is 0 Å². The predicted molar refractivity (Wildman–Crippen MR) is 321 cm³/mol. The highest BCUT2D eigenvalue weighted by molar-refractivity contribution is 6.21. The zero-order valence-electron chi connectivity index (χ0n) is 45.5. The van der Waals surface area contributed by atoms with Gasteiger partial charge in [-0.3, -0.25) is 0 Å². The van der Waals surface area contributed by atoms with E-state index in [-0.39, 0.29) is 21.7 Å². The standard InChI is InChI=1S/C74H59NO2/c1-40-27-34-59(41(2)35-40)75(44-30-33-49-57(38-44)74(9,10)68-66(49)70-65(51-22-14-18-26-61(51)77-70)63-47-20-12-16-24-54(47)73(7,8)67(63)68)43-29-32-48-56(37-43)72(5,6)58-39-52(69-64(62(48)58)50-21-13-17-25-60(50)76-69)42-28-31-46-45-19-11-15-23-53(45)71(3,4)55(46)36-42/h11-39H,1-10H3. The second-order valence-corrected chi connectivity index (χ2v) is 24.9. The minimum Gasteiger partial charge on any atom is -0.455 e. The van der Waals surface area contributed by atoms with E-state index < -0.39 is 0 Å². The minimum atomic E-state index is -0.345. The van der Waals surface area contributed by atoms with Crippen molar-refractivity contribution in [1.82, 2.24) is 0 Å². The van der Waals surface area contributed by atoms with E-state index in [9.17, 15) is 0 Å². The maximum absolute atomic E-state index is 7.09. The zero-order valence-corrected chi connectivity index (χ0v) is 45.5. The Hall–Kier alpha value is -8.40. The van der Waals surface area contributed by atoms with Gasteiger partial charge >= 0.3 is 0 Å². The summed E-state index contributed by atoms with van der Waals surface area (Å²) in [5.41, 5.74) is 32.2. The summed E-state index contributed by atoms with van der Waals surface area (Å²) in [6, 6.07) is 66.2. The quantitative estimate of drug-likeness (QED) is 0.176. The van der Waals surface area contributed by atoms with Gasteiger partial charge in [0.25, 0.3) is 0 Å². The molecule has 0 saturated heterocycles. The molecule has 77 heavy (non-hydrogen) atoms. The third-order valence-electron chi connectivity index (χ3n) is 19.2. The van der Waals surface area contributed by atoms with Crippen LogP contribution in [-0.4, -0.2) is 0 Å². The van der Waals surface area contributed by atoms with Crippen molar-refractivity contribution in [3.8, 4) is 55.6 Å². The van der Waals surface area contributed by atoms with Crippen LogP contribution in [0.2, 0.25) is 0 Å². The molecule has 0 amide bonds. The maximum Gasteiger partial charge on any atom is 0.144 e. The van der Waals surface area contributed by atoms with Crippen molar-refractivity contribution in [2.24, 2.45) is 0 Å². The van der Waals surface area contributed by atoms with Crippen LogP contribution in [-0.2, 0) is 21.7 Å². The topological polar surface area (TPSA) is 29.5 Å². The van der Waals surface area contributed by atoms with Gasteiger partial charge in [-0.1, -0.05) is 182 Å². The number of anilines is 3. The lowest BCUT2D eigenvalue weighted by atomic mass is 9.72. The van der Waals surface area contributed by atoms with Gasteiger partial charge in [-0.05, 0) is 163 Å². The van der Waals surface area contributed by atoms with Crippen molar-refractivity contribution in [2.75, 3.05) is 4.90 Å². The molecule has 0 unspecified atom stereocenters. The number of aryl methyl sites for hydroxylation is 2. The first-order valence-electron chi connectivity index (χ1n) is 27.6. The molecule has 0 radical (unpaired) electrons. The van der Waals surface area contributed by atoms with Crippen LogP contribution in [0, 0.1) is 13.8 Å². The van der Waals surface area contributed by atoms with E-state index in [0.717, 1.165) is 44.7 Å². The Morgan fingerprint density at radius 3 is 1.53 bits per heavy atom. The SMILES string of the molecule is Cc1ccc(N(c2ccc3c(c2)C(C)(C)c2cc(-c4ccc5c(c4)C(C)(C)c4ccccc4-5)c4oc5ccccc5c4c2-3)c2ccc3c(c2)C(C)(C)c2c4c(c5c(oc6ccccc65)c2-3)-c2ccccc2C4(C)C)c(C)c1.